The summed E-state index contributed by atoms with van der Waals surface area (Å²) in [6.07, 6.45) is 21.5. The van der Waals surface area contributed by atoms with Crippen molar-refractivity contribution in [3.8, 4) is 0 Å². The van der Waals surface area contributed by atoms with E-state index >= 15 is 0 Å². The molecule has 0 saturated heterocycles. The molecule has 0 spiro atoms. The van der Waals surface area contributed by atoms with Crippen molar-refractivity contribution in [3.05, 3.63) is 45.4 Å². The molecule has 2 aliphatic carbocycles. The quantitative estimate of drug-likeness (QED) is 0.333. The predicted octanol–water partition coefficient (Wildman–Crippen LogP) is 9.42. The SMILES string of the molecule is C=CC=CC.CC1=C(C)C(C)[C]([Ti]([CH3])([CH3])[NH]C2CCCCCCCCCCC2)=C1C. The Morgan fingerprint density at radius 1 is 0.833 bits per heavy atom. The molecule has 1 fully saturated rings. The molecule has 2 heteroatoms. The zero-order valence-electron chi connectivity index (χ0n) is 21.4. The fourth-order valence-corrected chi connectivity index (χ4v) is 11.5. The van der Waals surface area contributed by atoms with Crippen LogP contribution in [0.4, 0.5) is 0 Å². The van der Waals surface area contributed by atoms with Crippen LogP contribution in [0.3, 0.4) is 0 Å². The Kier molecular flexibility index (Phi) is 13.5. The van der Waals surface area contributed by atoms with Gasteiger partial charge in [-0.15, -0.1) is 0 Å². The topological polar surface area (TPSA) is 12.0 Å². The van der Waals surface area contributed by atoms with Crippen molar-refractivity contribution in [2.24, 2.45) is 5.92 Å². The molecule has 1 saturated carbocycles. The van der Waals surface area contributed by atoms with Gasteiger partial charge < -0.3 is 0 Å². The van der Waals surface area contributed by atoms with Gasteiger partial charge in [-0.3, -0.25) is 0 Å². The van der Waals surface area contributed by atoms with E-state index < -0.39 is 16.8 Å². The number of rotatable bonds is 4. The first kappa shape index (κ1) is 27.7. The first-order valence-electron chi connectivity index (χ1n) is 12.7. The Morgan fingerprint density at radius 2 is 1.30 bits per heavy atom. The molecule has 0 aromatic rings. The zero-order chi connectivity index (χ0) is 22.6. The van der Waals surface area contributed by atoms with Gasteiger partial charge in [0.1, 0.15) is 0 Å². The summed E-state index contributed by atoms with van der Waals surface area (Å²) in [5.41, 5.74) is 4.81. The zero-order valence-corrected chi connectivity index (χ0v) is 22.9. The van der Waals surface area contributed by atoms with Crippen molar-refractivity contribution in [2.45, 2.75) is 122 Å². The second-order valence-electron chi connectivity index (χ2n) is 10.1. The molecule has 0 aromatic carbocycles. The van der Waals surface area contributed by atoms with Crippen molar-refractivity contribution in [1.29, 1.82) is 0 Å². The number of hydrogen-bond donors (Lipinski definition) is 1. The van der Waals surface area contributed by atoms with Gasteiger partial charge in [-0.05, 0) is 6.92 Å². The van der Waals surface area contributed by atoms with Crippen LogP contribution in [0.2, 0.25) is 10.5 Å². The van der Waals surface area contributed by atoms with E-state index in [4.69, 9.17) is 0 Å². The van der Waals surface area contributed by atoms with E-state index in [0.717, 1.165) is 6.04 Å². The maximum atomic E-state index is 4.29. The Bertz CT molecular complexity index is 596. The van der Waals surface area contributed by atoms with Crippen molar-refractivity contribution >= 4 is 0 Å². The first-order chi connectivity index (χ1) is 14.3. The summed E-state index contributed by atoms with van der Waals surface area (Å²) in [7, 11) is 0. The van der Waals surface area contributed by atoms with Crippen LogP contribution < -0.4 is 3.80 Å². The molecular weight excluding hydrogens is 398 g/mol. The number of allylic oxidation sites excluding steroid dienone is 7. The third-order valence-electron chi connectivity index (χ3n) is 7.31. The Labute approximate surface area is 193 Å². The summed E-state index contributed by atoms with van der Waals surface area (Å²) < 4.78 is 6.11. The molecular formula is C28H51NTi. The first-order valence-corrected chi connectivity index (χ1v) is 17.3. The van der Waals surface area contributed by atoms with Crippen LogP contribution in [0.15, 0.2) is 45.4 Å². The molecule has 0 amide bonds. The molecule has 2 rings (SSSR count). The van der Waals surface area contributed by atoms with Crippen LogP contribution in [-0.4, -0.2) is 6.04 Å². The molecule has 2 aliphatic rings. The Hall–Kier alpha value is -0.366. The van der Waals surface area contributed by atoms with Gasteiger partial charge in [0, 0.05) is 0 Å². The van der Waals surface area contributed by atoms with E-state index in [9.17, 15) is 0 Å². The van der Waals surface area contributed by atoms with Crippen molar-refractivity contribution < 1.29 is 16.8 Å². The summed E-state index contributed by atoms with van der Waals surface area (Å²) in [4.78, 5) is 0. The Balaban J connectivity index is 0.000000804. The van der Waals surface area contributed by atoms with Crippen LogP contribution >= 0.6 is 0 Å². The van der Waals surface area contributed by atoms with Gasteiger partial charge in [-0.2, -0.15) is 0 Å². The second-order valence-corrected chi connectivity index (χ2v) is 16.4. The summed E-state index contributed by atoms with van der Waals surface area (Å²) in [5, 5.41) is 5.22. The van der Waals surface area contributed by atoms with E-state index in [-0.39, 0.29) is 0 Å². The van der Waals surface area contributed by atoms with Crippen LogP contribution in [0, 0.1) is 5.92 Å². The van der Waals surface area contributed by atoms with Crippen LogP contribution in [0.25, 0.3) is 0 Å². The number of hydrogen-bond acceptors (Lipinski definition) is 1. The van der Waals surface area contributed by atoms with E-state index in [1.165, 1.54) is 70.6 Å². The molecule has 30 heavy (non-hydrogen) atoms. The number of nitrogens with one attached hydrogen (secondary N) is 1. The monoisotopic (exact) mass is 449 g/mol. The third-order valence-corrected chi connectivity index (χ3v) is 12.4. The molecule has 1 nitrogen and oxygen atoms in total. The summed E-state index contributed by atoms with van der Waals surface area (Å²) in [5.74, 6) is 0.675. The van der Waals surface area contributed by atoms with Crippen LogP contribution in [-0.2, 0) is 16.8 Å². The van der Waals surface area contributed by atoms with Gasteiger partial charge in [-0.1, -0.05) is 24.8 Å². The van der Waals surface area contributed by atoms with Crippen LogP contribution in [0.5, 0.6) is 0 Å². The predicted molar refractivity (Wildman–Crippen MR) is 135 cm³/mol. The molecule has 0 aliphatic heterocycles. The summed E-state index contributed by atoms with van der Waals surface area (Å²) in [6, 6.07) is 0.767. The molecule has 0 radical (unpaired) electrons. The van der Waals surface area contributed by atoms with Crippen LogP contribution in [0.1, 0.15) is 105 Å². The average Bonchev–Trinajstić information content (AvgIpc) is 2.88. The van der Waals surface area contributed by atoms with E-state index in [2.05, 4.69) is 48.5 Å². The van der Waals surface area contributed by atoms with Gasteiger partial charge in [0.05, 0.1) is 0 Å². The standard InChI is InChI=1S/C12H24N.C9H13.C5H8.2CH3.Ti/c13-12-10-8-6-4-2-1-3-5-7-9-11-12;1-6-5-7(2)9(4)8(6)3;1-3-5-4-2;;;/h12-13H,1-11H2;6H,1-4H3;3-5H,1H2,2H3;2*1H3;/q-1;;;;;+1. The van der Waals surface area contributed by atoms with Gasteiger partial charge in [0.15, 0.2) is 0 Å². The summed E-state index contributed by atoms with van der Waals surface area (Å²) in [6.45, 7) is 14.9. The minimum atomic E-state index is -2.15. The van der Waals surface area contributed by atoms with Gasteiger partial charge in [0.2, 0.25) is 0 Å². The van der Waals surface area contributed by atoms with Gasteiger partial charge >= 0.3 is 162 Å². The van der Waals surface area contributed by atoms with E-state index in [1.54, 1.807) is 22.8 Å². The molecule has 1 unspecified atom stereocenters. The van der Waals surface area contributed by atoms with E-state index in [0.29, 0.717) is 5.92 Å². The van der Waals surface area contributed by atoms with Crippen molar-refractivity contribution in [3.63, 3.8) is 0 Å². The molecule has 1 atom stereocenters. The van der Waals surface area contributed by atoms with Gasteiger partial charge in [-0.25, -0.2) is 0 Å². The van der Waals surface area contributed by atoms with Crippen molar-refractivity contribution in [2.75, 3.05) is 0 Å². The van der Waals surface area contributed by atoms with Gasteiger partial charge in [0.25, 0.3) is 0 Å². The normalized spacial score (nSPS) is 23.1. The fourth-order valence-electron chi connectivity index (χ4n) is 5.41. The molecule has 1 N–H and O–H groups in total. The Morgan fingerprint density at radius 3 is 1.63 bits per heavy atom. The third kappa shape index (κ3) is 9.01. The molecule has 0 bridgehead atoms. The average molecular weight is 450 g/mol. The summed E-state index contributed by atoms with van der Waals surface area (Å²) >= 11 is -2.15. The molecule has 0 aromatic heterocycles. The second kappa shape index (κ2) is 14.6. The van der Waals surface area contributed by atoms with Crippen molar-refractivity contribution in [1.82, 2.24) is 3.80 Å². The minimum absolute atomic E-state index is 0.675. The molecule has 172 valence electrons. The maximum absolute atomic E-state index is 4.29. The molecule has 0 heterocycles. The fraction of sp³-hybridized carbons (Fsp3) is 0.714. The van der Waals surface area contributed by atoms with E-state index in [1.807, 2.05) is 23.0 Å².